The Morgan fingerprint density at radius 1 is 1.10 bits per heavy atom. The van der Waals surface area contributed by atoms with Gasteiger partial charge >= 0.3 is 0 Å². The number of aliphatic hydroxyl groups excluding tert-OH is 2. The average Bonchev–Trinajstić information content (AvgIpc) is 2.51. The Kier molecular flexibility index (Phi) is 3.62. The van der Waals surface area contributed by atoms with E-state index in [1.807, 2.05) is 30.3 Å². The zero-order valence-electron chi connectivity index (χ0n) is 10.9. The van der Waals surface area contributed by atoms with Crippen LogP contribution in [0.4, 0.5) is 0 Å². The Morgan fingerprint density at radius 3 is 2.55 bits per heavy atom. The number of aliphatic hydroxyl groups is 2. The van der Waals surface area contributed by atoms with Crippen LogP contribution in [-0.2, 0) is 18.9 Å². The first-order valence-corrected chi connectivity index (χ1v) is 6.32. The highest BCUT2D eigenvalue weighted by Gasteiger charge is 2.46. The summed E-state index contributed by atoms with van der Waals surface area (Å²) in [5, 5.41) is 20.0. The van der Waals surface area contributed by atoms with Crippen LogP contribution >= 0.6 is 0 Å². The first-order chi connectivity index (χ1) is 9.70. The molecule has 20 heavy (non-hydrogen) atoms. The number of ether oxygens (including phenoxy) is 4. The lowest BCUT2D eigenvalue weighted by atomic mass is 10.0. The predicted octanol–water partition coefficient (Wildman–Crippen LogP) is 0.666. The van der Waals surface area contributed by atoms with E-state index in [4.69, 9.17) is 18.9 Å². The second-order valence-electron chi connectivity index (χ2n) is 4.66. The van der Waals surface area contributed by atoms with Crippen molar-refractivity contribution in [3.8, 4) is 0 Å². The zero-order valence-corrected chi connectivity index (χ0v) is 10.9. The molecular formula is C14H16O6. The minimum absolute atomic E-state index is 0.307. The summed E-state index contributed by atoms with van der Waals surface area (Å²) in [5.41, 5.74) is 0.818. The number of methoxy groups -OCH3 is 1. The molecule has 0 bridgehead atoms. The van der Waals surface area contributed by atoms with Crippen LogP contribution in [-0.4, -0.2) is 41.9 Å². The SMILES string of the molecule is CO[C@@H]1OC2=CO[C@@H](c3ccccc3)O[C@H]2[C@H](O)[C@H]1O. The molecule has 3 rings (SSSR count). The smallest absolute Gasteiger partial charge is 0.228 e. The van der Waals surface area contributed by atoms with Gasteiger partial charge in [-0.1, -0.05) is 30.3 Å². The van der Waals surface area contributed by atoms with E-state index in [0.717, 1.165) is 5.56 Å². The molecule has 0 amide bonds. The monoisotopic (exact) mass is 280 g/mol. The molecule has 0 unspecified atom stereocenters. The molecule has 1 fully saturated rings. The highest BCUT2D eigenvalue weighted by Crippen LogP contribution is 2.35. The van der Waals surface area contributed by atoms with E-state index in [0.29, 0.717) is 5.76 Å². The first-order valence-electron chi connectivity index (χ1n) is 6.32. The van der Waals surface area contributed by atoms with Crippen molar-refractivity contribution in [3.05, 3.63) is 47.9 Å². The van der Waals surface area contributed by atoms with Gasteiger partial charge in [0.2, 0.25) is 12.6 Å². The standard InChI is InChI=1S/C14H16O6/c1-17-14-11(16)10(15)12-9(19-14)7-18-13(20-12)8-5-3-2-4-6-8/h2-7,10-16H,1H3/t10-,11-,12-,13-,14-/m1/s1. The molecule has 0 aromatic heterocycles. The zero-order chi connectivity index (χ0) is 14.1. The third-order valence-electron chi connectivity index (χ3n) is 3.35. The van der Waals surface area contributed by atoms with Crippen LogP contribution < -0.4 is 0 Å². The van der Waals surface area contributed by atoms with Gasteiger partial charge in [-0.2, -0.15) is 0 Å². The van der Waals surface area contributed by atoms with Gasteiger partial charge in [0.15, 0.2) is 11.9 Å². The summed E-state index contributed by atoms with van der Waals surface area (Å²) in [6, 6.07) is 9.33. The largest absolute Gasteiger partial charge is 0.465 e. The fourth-order valence-electron chi connectivity index (χ4n) is 2.27. The van der Waals surface area contributed by atoms with Crippen LogP contribution in [0.1, 0.15) is 11.9 Å². The lowest BCUT2D eigenvalue weighted by Crippen LogP contribution is -2.54. The van der Waals surface area contributed by atoms with Crippen molar-refractivity contribution in [2.24, 2.45) is 0 Å². The van der Waals surface area contributed by atoms with Crippen molar-refractivity contribution in [1.82, 2.24) is 0 Å². The number of rotatable bonds is 2. The molecule has 1 aromatic carbocycles. The van der Waals surface area contributed by atoms with Gasteiger partial charge in [-0.05, 0) is 0 Å². The number of fused-ring (bicyclic) bond motifs is 1. The van der Waals surface area contributed by atoms with Crippen LogP contribution in [0.3, 0.4) is 0 Å². The van der Waals surface area contributed by atoms with E-state index in [2.05, 4.69) is 0 Å². The summed E-state index contributed by atoms with van der Waals surface area (Å²) in [7, 11) is 1.39. The molecule has 5 atom stereocenters. The number of benzene rings is 1. The molecule has 1 aromatic rings. The van der Waals surface area contributed by atoms with Gasteiger partial charge in [0, 0.05) is 12.7 Å². The molecular weight excluding hydrogens is 264 g/mol. The third-order valence-corrected chi connectivity index (χ3v) is 3.35. The minimum atomic E-state index is -1.18. The maximum Gasteiger partial charge on any atom is 0.228 e. The average molecular weight is 280 g/mol. The van der Waals surface area contributed by atoms with Crippen LogP contribution in [0, 0.1) is 0 Å². The Balaban J connectivity index is 1.81. The predicted molar refractivity (Wildman–Crippen MR) is 67.1 cm³/mol. The van der Waals surface area contributed by atoms with E-state index in [1.165, 1.54) is 13.4 Å². The van der Waals surface area contributed by atoms with E-state index >= 15 is 0 Å². The van der Waals surface area contributed by atoms with E-state index in [1.54, 1.807) is 0 Å². The molecule has 108 valence electrons. The highest BCUT2D eigenvalue weighted by atomic mass is 16.7. The molecule has 2 N–H and O–H groups in total. The van der Waals surface area contributed by atoms with E-state index < -0.39 is 30.9 Å². The van der Waals surface area contributed by atoms with Crippen LogP contribution in [0.5, 0.6) is 0 Å². The Morgan fingerprint density at radius 2 is 1.85 bits per heavy atom. The van der Waals surface area contributed by atoms with Crippen LogP contribution in [0.2, 0.25) is 0 Å². The topological polar surface area (TPSA) is 77.4 Å². The number of hydrogen-bond donors (Lipinski definition) is 2. The minimum Gasteiger partial charge on any atom is -0.465 e. The Hall–Kier alpha value is -1.60. The molecule has 1 saturated heterocycles. The quantitative estimate of drug-likeness (QED) is 0.829. The molecule has 2 aliphatic heterocycles. The summed E-state index contributed by atoms with van der Waals surface area (Å²) in [6.45, 7) is 0. The van der Waals surface area contributed by atoms with Gasteiger partial charge in [0.1, 0.15) is 18.5 Å². The summed E-state index contributed by atoms with van der Waals surface area (Å²) in [6.07, 6.45) is -3.29. The van der Waals surface area contributed by atoms with Gasteiger partial charge in [-0.15, -0.1) is 0 Å². The fraction of sp³-hybridized carbons (Fsp3) is 0.429. The first kappa shape index (κ1) is 13.4. The van der Waals surface area contributed by atoms with Gasteiger partial charge < -0.3 is 29.2 Å². The van der Waals surface area contributed by atoms with Gasteiger partial charge in [-0.25, -0.2) is 0 Å². The molecule has 6 heteroatoms. The summed E-state index contributed by atoms with van der Waals surface area (Å²) < 4.78 is 21.5. The summed E-state index contributed by atoms with van der Waals surface area (Å²) in [4.78, 5) is 0. The Bertz CT molecular complexity index is 488. The van der Waals surface area contributed by atoms with Gasteiger partial charge in [0.25, 0.3) is 0 Å². The molecule has 0 radical (unpaired) electrons. The van der Waals surface area contributed by atoms with E-state index in [-0.39, 0.29) is 0 Å². The molecule has 2 aliphatic rings. The van der Waals surface area contributed by atoms with Gasteiger partial charge in [0.05, 0.1) is 0 Å². The summed E-state index contributed by atoms with van der Waals surface area (Å²) >= 11 is 0. The van der Waals surface area contributed by atoms with Crippen molar-refractivity contribution in [2.75, 3.05) is 7.11 Å². The molecule has 0 aliphatic carbocycles. The van der Waals surface area contributed by atoms with Crippen molar-refractivity contribution in [2.45, 2.75) is 30.9 Å². The molecule has 0 saturated carbocycles. The van der Waals surface area contributed by atoms with Crippen molar-refractivity contribution < 1.29 is 29.2 Å². The lowest BCUT2D eigenvalue weighted by Gasteiger charge is -2.41. The fourth-order valence-corrected chi connectivity index (χ4v) is 2.27. The Labute approximate surface area is 116 Å². The van der Waals surface area contributed by atoms with E-state index in [9.17, 15) is 10.2 Å². The van der Waals surface area contributed by atoms with Crippen molar-refractivity contribution in [3.63, 3.8) is 0 Å². The molecule has 6 nitrogen and oxygen atoms in total. The van der Waals surface area contributed by atoms with Gasteiger partial charge in [-0.3, -0.25) is 0 Å². The highest BCUT2D eigenvalue weighted by molar-refractivity contribution is 5.18. The third kappa shape index (κ3) is 2.27. The second-order valence-corrected chi connectivity index (χ2v) is 4.66. The number of hydrogen-bond acceptors (Lipinski definition) is 6. The maximum atomic E-state index is 10.1. The van der Waals surface area contributed by atoms with Crippen LogP contribution in [0.25, 0.3) is 0 Å². The maximum absolute atomic E-state index is 10.1. The van der Waals surface area contributed by atoms with Crippen molar-refractivity contribution >= 4 is 0 Å². The normalized spacial score (nSPS) is 36.4. The lowest BCUT2D eigenvalue weighted by molar-refractivity contribution is -0.281. The molecule has 2 heterocycles. The molecule has 0 spiro atoms. The summed E-state index contributed by atoms with van der Waals surface area (Å²) in [5.74, 6) is 0.307. The van der Waals surface area contributed by atoms with Crippen LogP contribution in [0.15, 0.2) is 42.4 Å². The van der Waals surface area contributed by atoms with Crippen molar-refractivity contribution in [1.29, 1.82) is 0 Å². The second kappa shape index (κ2) is 5.41.